The van der Waals surface area contributed by atoms with E-state index in [4.69, 9.17) is 22.1 Å². The number of anilines is 1. The molecular formula is C20H26ClN7O. The molecule has 0 aliphatic rings. The molecule has 4 N–H and O–H groups in total. The van der Waals surface area contributed by atoms with Crippen molar-refractivity contribution in [2.45, 2.75) is 32.0 Å². The zero-order valence-electron chi connectivity index (χ0n) is 16.6. The van der Waals surface area contributed by atoms with Gasteiger partial charge in [-0.2, -0.15) is 4.98 Å². The maximum absolute atomic E-state index is 6.65. The Kier molecular flexibility index (Phi) is 7.03. The maximum Gasteiger partial charge on any atom is 0.238 e. The van der Waals surface area contributed by atoms with Crippen molar-refractivity contribution in [3.8, 4) is 11.7 Å². The van der Waals surface area contributed by atoms with Crippen LogP contribution in [-0.4, -0.2) is 38.8 Å². The van der Waals surface area contributed by atoms with Crippen molar-refractivity contribution >= 4 is 17.4 Å². The van der Waals surface area contributed by atoms with Crippen LogP contribution < -0.4 is 21.1 Å². The second-order valence-electron chi connectivity index (χ2n) is 6.83. The summed E-state index contributed by atoms with van der Waals surface area (Å²) in [5, 5.41) is 7.08. The molecule has 0 saturated carbocycles. The van der Waals surface area contributed by atoms with Crippen LogP contribution in [0.3, 0.4) is 0 Å². The first-order chi connectivity index (χ1) is 14.0. The first-order valence-electron chi connectivity index (χ1n) is 9.45. The number of halogens is 1. The third-order valence-corrected chi connectivity index (χ3v) is 4.61. The molecule has 0 bridgehead atoms. The number of ether oxygens (including phenoxy) is 1. The molecule has 3 aromatic rings. The van der Waals surface area contributed by atoms with Gasteiger partial charge in [0.15, 0.2) is 0 Å². The molecule has 2 heterocycles. The first-order valence-corrected chi connectivity index (χ1v) is 9.83. The van der Waals surface area contributed by atoms with Crippen molar-refractivity contribution in [3.63, 3.8) is 0 Å². The highest BCUT2D eigenvalue weighted by atomic mass is 35.5. The summed E-state index contributed by atoms with van der Waals surface area (Å²) in [6, 6.07) is 9.61. The zero-order valence-corrected chi connectivity index (χ0v) is 17.4. The largest absolute Gasteiger partial charge is 0.497 e. The van der Waals surface area contributed by atoms with Crippen LogP contribution in [0.4, 0.5) is 5.82 Å². The summed E-state index contributed by atoms with van der Waals surface area (Å²) in [5.74, 6) is 1.84. The molecule has 0 spiro atoms. The number of aromatic nitrogens is 4. The molecule has 154 valence electrons. The molecule has 9 heteroatoms. The molecule has 0 aliphatic heterocycles. The molecule has 1 atom stereocenters. The molecule has 2 aromatic heterocycles. The van der Waals surface area contributed by atoms with E-state index in [1.807, 2.05) is 24.3 Å². The van der Waals surface area contributed by atoms with Gasteiger partial charge in [0.05, 0.1) is 12.8 Å². The highest BCUT2D eigenvalue weighted by molar-refractivity contribution is 6.29. The Balaban J connectivity index is 1.67. The van der Waals surface area contributed by atoms with Gasteiger partial charge < -0.3 is 21.1 Å². The van der Waals surface area contributed by atoms with Gasteiger partial charge in [-0.15, -0.1) is 0 Å². The van der Waals surface area contributed by atoms with Crippen molar-refractivity contribution in [1.29, 1.82) is 0 Å². The average molecular weight is 416 g/mol. The quantitative estimate of drug-likeness (QED) is 0.345. The van der Waals surface area contributed by atoms with E-state index in [1.54, 1.807) is 36.5 Å². The molecule has 0 fully saturated rings. The van der Waals surface area contributed by atoms with Crippen molar-refractivity contribution < 1.29 is 4.74 Å². The number of hydrogen-bond donors (Lipinski definition) is 3. The van der Waals surface area contributed by atoms with Gasteiger partial charge in [0, 0.05) is 31.5 Å². The Hall–Kier alpha value is -2.68. The van der Waals surface area contributed by atoms with Gasteiger partial charge in [0.2, 0.25) is 5.95 Å². The lowest BCUT2D eigenvalue weighted by atomic mass is 10.0. The lowest BCUT2D eigenvalue weighted by Gasteiger charge is -2.31. The number of nitrogens with zero attached hydrogens (tertiary/aromatic N) is 4. The highest BCUT2D eigenvalue weighted by Gasteiger charge is 2.24. The van der Waals surface area contributed by atoms with E-state index in [2.05, 4.69) is 32.5 Å². The van der Waals surface area contributed by atoms with Crippen LogP contribution in [0.25, 0.3) is 5.95 Å². The van der Waals surface area contributed by atoms with E-state index in [0.29, 0.717) is 30.0 Å². The molecule has 1 aromatic carbocycles. The average Bonchev–Trinajstić information content (AvgIpc) is 3.23. The molecule has 3 rings (SSSR count). The van der Waals surface area contributed by atoms with Crippen LogP contribution in [-0.2, 0) is 6.54 Å². The molecule has 0 saturated heterocycles. The Labute approximate surface area is 175 Å². The van der Waals surface area contributed by atoms with Crippen LogP contribution >= 0.6 is 11.6 Å². The van der Waals surface area contributed by atoms with Crippen LogP contribution in [0.5, 0.6) is 5.75 Å². The van der Waals surface area contributed by atoms with E-state index in [9.17, 15) is 0 Å². The van der Waals surface area contributed by atoms with Crippen molar-refractivity contribution in [2.75, 3.05) is 19.0 Å². The molecule has 0 amide bonds. The Morgan fingerprint density at radius 1 is 1.24 bits per heavy atom. The smallest absolute Gasteiger partial charge is 0.238 e. The maximum atomic E-state index is 6.65. The van der Waals surface area contributed by atoms with Crippen LogP contribution in [0, 0.1) is 0 Å². The minimum Gasteiger partial charge on any atom is -0.497 e. The number of imidazole rings is 1. The Morgan fingerprint density at radius 2 is 2.03 bits per heavy atom. The fraction of sp³-hybridized carbons (Fsp3) is 0.350. The monoisotopic (exact) mass is 415 g/mol. The first kappa shape index (κ1) is 21.0. The number of methoxy groups -OCH3 is 1. The normalized spacial score (nSPS) is 13.1. The van der Waals surface area contributed by atoms with Crippen molar-refractivity contribution in [1.82, 2.24) is 24.8 Å². The number of rotatable bonds is 10. The summed E-state index contributed by atoms with van der Waals surface area (Å²) in [5.41, 5.74) is 7.11. The predicted molar refractivity (Wildman–Crippen MR) is 114 cm³/mol. The standard InChI is InChI=1S/C20H26ClN7O/c1-3-8-20(22,13-24-12-15-4-6-16(29-2)7-5-15)27-18-11-17(21)25-19(26-18)28-10-9-23-14-28/h4-7,9-11,14,24H,3,8,12-13,22H2,1-2H3,(H,25,26,27). The summed E-state index contributed by atoms with van der Waals surface area (Å²) >= 11 is 6.19. The van der Waals surface area contributed by atoms with E-state index in [1.165, 1.54) is 0 Å². The lowest BCUT2D eigenvalue weighted by Crippen LogP contribution is -2.55. The van der Waals surface area contributed by atoms with Crippen LogP contribution in [0.1, 0.15) is 25.3 Å². The fourth-order valence-electron chi connectivity index (χ4n) is 3.03. The van der Waals surface area contributed by atoms with Gasteiger partial charge >= 0.3 is 0 Å². The second kappa shape index (κ2) is 9.69. The van der Waals surface area contributed by atoms with Gasteiger partial charge in [-0.05, 0) is 24.1 Å². The van der Waals surface area contributed by atoms with Crippen molar-refractivity contribution in [3.05, 3.63) is 59.8 Å². The van der Waals surface area contributed by atoms with Gasteiger partial charge in [-0.1, -0.05) is 37.1 Å². The van der Waals surface area contributed by atoms with Gasteiger partial charge in [0.25, 0.3) is 0 Å². The number of nitrogens with two attached hydrogens (primary N) is 1. The summed E-state index contributed by atoms with van der Waals surface area (Å²) in [7, 11) is 1.66. The van der Waals surface area contributed by atoms with E-state index in [0.717, 1.165) is 24.2 Å². The molecular weight excluding hydrogens is 390 g/mol. The van der Waals surface area contributed by atoms with Crippen LogP contribution in [0.2, 0.25) is 5.15 Å². The summed E-state index contributed by atoms with van der Waals surface area (Å²) < 4.78 is 6.88. The topological polar surface area (TPSA) is 103 Å². The minimum atomic E-state index is -0.689. The van der Waals surface area contributed by atoms with Gasteiger partial charge in [-0.25, -0.2) is 9.97 Å². The Morgan fingerprint density at radius 3 is 2.69 bits per heavy atom. The predicted octanol–water partition coefficient (Wildman–Crippen LogP) is 2.98. The summed E-state index contributed by atoms with van der Waals surface area (Å²) in [4.78, 5) is 12.8. The Bertz CT molecular complexity index is 902. The third kappa shape index (κ3) is 5.90. The fourth-order valence-corrected chi connectivity index (χ4v) is 3.21. The SMILES string of the molecule is CCCC(N)(CNCc1ccc(OC)cc1)Nc1cc(Cl)nc(-n2ccnc2)n1. The van der Waals surface area contributed by atoms with Gasteiger partial charge in [0.1, 0.15) is 23.0 Å². The molecule has 0 radical (unpaired) electrons. The number of nitrogens with one attached hydrogen (secondary N) is 2. The highest BCUT2D eigenvalue weighted by Crippen LogP contribution is 2.19. The summed E-state index contributed by atoms with van der Waals surface area (Å²) in [6.45, 7) is 3.34. The van der Waals surface area contributed by atoms with E-state index < -0.39 is 5.66 Å². The van der Waals surface area contributed by atoms with E-state index >= 15 is 0 Å². The zero-order chi connectivity index (χ0) is 20.7. The van der Waals surface area contributed by atoms with Crippen molar-refractivity contribution in [2.24, 2.45) is 5.73 Å². The number of benzene rings is 1. The lowest BCUT2D eigenvalue weighted by molar-refractivity contribution is 0.406. The molecule has 0 aliphatic carbocycles. The molecule has 29 heavy (non-hydrogen) atoms. The molecule has 8 nitrogen and oxygen atoms in total. The molecule has 1 unspecified atom stereocenters. The van der Waals surface area contributed by atoms with E-state index in [-0.39, 0.29) is 0 Å². The van der Waals surface area contributed by atoms with Crippen LogP contribution in [0.15, 0.2) is 49.1 Å². The summed E-state index contributed by atoms with van der Waals surface area (Å²) in [6.07, 6.45) is 6.71. The third-order valence-electron chi connectivity index (χ3n) is 4.42. The van der Waals surface area contributed by atoms with Gasteiger partial charge in [-0.3, -0.25) is 4.57 Å². The minimum absolute atomic E-state index is 0.330. The second-order valence-corrected chi connectivity index (χ2v) is 7.22. The number of hydrogen-bond acceptors (Lipinski definition) is 7.